The van der Waals surface area contributed by atoms with Gasteiger partial charge in [0.2, 0.25) is 0 Å². The molecule has 3 heteroatoms. The van der Waals surface area contributed by atoms with Crippen molar-refractivity contribution in [2.75, 3.05) is 0 Å². The van der Waals surface area contributed by atoms with Gasteiger partial charge < -0.3 is 5.11 Å². The van der Waals surface area contributed by atoms with Gasteiger partial charge in [-0.25, -0.2) is 0 Å². The molecular weight excluding hydrogens is 234 g/mol. The molecule has 3 unspecified atom stereocenters. The van der Waals surface area contributed by atoms with Crippen LogP contribution in [0.2, 0.25) is 5.02 Å². The Morgan fingerprint density at radius 2 is 2.24 bits per heavy atom. The highest BCUT2D eigenvalue weighted by Gasteiger charge is 2.36. The van der Waals surface area contributed by atoms with E-state index in [9.17, 15) is 5.11 Å². The van der Waals surface area contributed by atoms with Crippen molar-refractivity contribution in [3.63, 3.8) is 0 Å². The number of rotatable bonds is 2. The topological polar surface area (TPSA) is 33.1 Å². The van der Waals surface area contributed by atoms with Crippen LogP contribution in [0, 0.1) is 11.8 Å². The van der Waals surface area contributed by atoms with Gasteiger partial charge in [0.25, 0.3) is 0 Å². The number of aliphatic hydroxyl groups is 1. The third-order valence-corrected chi connectivity index (χ3v) is 4.45. The summed E-state index contributed by atoms with van der Waals surface area (Å²) in [6.45, 7) is 4.49. The van der Waals surface area contributed by atoms with Gasteiger partial charge in [-0.3, -0.25) is 4.98 Å². The van der Waals surface area contributed by atoms with Gasteiger partial charge in [0, 0.05) is 18.8 Å². The number of pyridine rings is 1. The van der Waals surface area contributed by atoms with Gasteiger partial charge in [-0.1, -0.05) is 25.4 Å². The van der Waals surface area contributed by atoms with Gasteiger partial charge >= 0.3 is 0 Å². The zero-order chi connectivity index (χ0) is 12.5. The molecule has 0 bridgehead atoms. The zero-order valence-corrected chi connectivity index (χ0v) is 11.2. The molecule has 1 fully saturated rings. The summed E-state index contributed by atoms with van der Waals surface area (Å²) in [7, 11) is 0. The van der Waals surface area contributed by atoms with E-state index in [1.165, 1.54) is 0 Å². The van der Waals surface area contributed by atoms with Crippen molar-refractivity contribution in [2.45, 2.75) is 45.1 Å². The molecule has 1 heterocycles. The van der Waals surface area contributed by atoms with Crippen molar-refractivity contribution in [3.8, 4) is 0 Å². The number of hydrogen-bond acceptors (Lipinski definition) is 2. The quantitative estimate of drug-likeness (QED) is 0.876. The molecule has 0 aliphatic heterocycles. The van der Waals surface area contributed by atoms with Gasteiger partial charge in [0.05, 0.1) is 10.6 Å². The summed E-state index contributed by atoms with van der Waals surface area (Å²) in [5, 5.41) is 11.3. The predicted octanol–water partition coefficient (Wildman–Crippen LogP) is 3.46. The Labute approximate surface area is 108 Å². The normalized spacial score (nSPS) is 33.6. The molecule has 1 N–H and O–H groups in total. The van der Waals surface area contributed by atoms with Crippen molar-refractivity contribution in [2.24, 2.45) is 11.8 Å². The smallest absolute Gasteiger partial charge is 0.0691 e. The van der Waals surface area contributed by atoms with Crippen molar-refractivity contribution in [3.05, 3.63) is 29.0 Å². The lowest BCUT2D eigenvalue weighted by molar-refractivity contribution is -0.0279. The van der Waals surface area contributed by atoms with Crippen LogP contribution in [-0.2, 0) is 6.42 Å². The van der Waals surface area contributed by atoms with E-state index >= 15 is 0 Å². The standard InChI is InChI=1S/C14H20ClNO/c1-10-3-5-14(17,7-11(10)2)8-12-4-6-16-9-13(12)15/h4,6,9-11,17H,3,5,7-8H2,1-2H3. The number of hydrogen-bond donors (Lipinski definition) is 1. The van der Waals surface area contributed by atoms with E-state index in [0.29, 0.717) is 23.3 Å². The molecule has 1 saturated carbocycles. The highest BCUT2D eigenvalue weighted by atomic mass is 35.5. The number of nitrogens with zero attached hydrogens (tertiary/aromatic N) is 1. The highest BCUT2D eigenvalue weighted by molar-refractivity contribution is 6.31. The van der Waals surface area contributed by atoms with Crippen LogP contribution in [0.5, 0.6) is 0 Å². The molecule has 1 aliphatic rings. The van der Waals surface area contributed by atoms with E-state index in [1.807, 2.05) is 6.07 Å². The SMILES string of the molecule is CC1CCC(O)(Cc2ccncc2Cl)CC1C. The fourth-order valence-electron chi connectivity index (χ4n) is 2.75. The minimum absolute atomic E-state index is 0.578. The summed E-state index contributed by atoms with van der Waals surface area (Å²) in [4.78, 5) is 3.97. The molecule has 2 nitrogen and oxygen atoms in total. The van der Waals surface area contributed by atoms with Crippen LogP contribution < -0.4 is 0 Å². The monoisotopic (exact) mass is 253 g/mol. The van der Waals surface area contributed by atoms with Crippen LogP contribution in [0.25, 0.3) is 0 Å². The Kier molecular flexibility index (Phi) is 3.74. The summed E-state index contributed by atoms with van der Waals surface area (Å²) in [5.41, 5.74) is 0.419. The Bertz CT molecular complexity index is 396. The van der Waals surface area contributed by atoms with Crippen molar-refractivity contribution < 1.29 is 5.11 Å². The summed E-state index contributed by atoms with van der Waals surface area (Å²) < 4.78 is 0. The Hall–Kier alpha value is -0.600. The van der Waals surface area contributed by atoms with Crippen LogP contribution in [-0.4, -0.2) is 15.7 Å². The van der Waals surface area contributed by atoms with E-state index in [0.717, 1.165) is 24.8 Å². The average molecular weight is 254 g/mol. The molecule has 1 aromatic heterocycles. The molecule has 94 valence electrons. The van der Waals surface area contributed by atoms with Gasteiger partial charge in [-0.15, -0.1) is 0 Å². The third kappa shape index (κ3) is 2.99. The van der Waals surface area contributed by atoms with Crippen molar-refractivity contribution in [1.29, 1.82) is 0 Å². The van der Waals surface area contributed by atoms with Gasteiger partial charge in [-0.2, -0.15) is 0 Å². The Balaban J connectivity index is 2.10. The van der Waals surface area contributed by atoms with Gasteiger partial charge in [0.15, 0.2) is 0 Å². The van der Waals surface area contributed by atoms with Crippen LogP contribution >= 0.6 is 11.6 Å². The maximum absolute atomic E-state index is 10.7. The molecule has 0 radical (unpaired) electrons. The summed E-state index contributed by atoms with van der Waals surface area (Å²) in [6.07, 6.45) is 6.87. The second-order valence-corrected chi connectivity index (χ2v) is 5.97. The lowest BCUT2D eigenvalue weighted by Gasteiger charge is -2.39. The highest BCUT2D eigenvalue weighted by Crippen LogP contribution is 2.38. The van der Waals surface area contributed by atoms with E-state index in [-0.39, 0.29) is 0 Å². The fourth-order valence-corrected chi connectivity index (χ4v) is 2.93. The first-order valence-electron chi connectivity index (χ1n) is 6.31. The van der Waals surface area contributed by atoms with Gasteiger partial charge in [-0.05, 0) is 42.7 Å². The third-order valence-electron chi connectivity index (χ3n) is 4.11. The first kappa shape index (κ1) is 12.8. The molecular formula is C14H20ClNO. The molecule has 1 aromatic rings. The van der Waals surface area contributed by atoms with E-state index < -0.39 is 5.60 Å². The van der Waals surface area contributed by atoms with Crippen LogP contribution in [0.3, 0.4) is 0 Å². The zero-order valence-electron chi connectivity index (χ0n) is 10.5. The molecule has 1 aliphatic carbocycles. The Morgan fingerprint density at radius 3 is 2.88 bits per heavy atom. The number of aromatic nitrogens is 1. The van der Waals surface area contributed by atoms with E-state index in [1.54, 1.807) is 12.4 Å². The lowest BCUT2D eigenvalue weighted by atomic mass is 9.71. The van der Waals surface area contributed by atoms with Crippen molar-refractivity contribution in [1.82, 2.24) is 4.98 Å². The molecule has 0 amide bonds. The molecule has 2 rings (SSSR count). The number of halogens is 1. The van der Waals surface area contributed by atoms with E-state index in [2.05, 4.69) is 18.8 Å². The van der Waals surface area contributed by atoms with Crippen LogP contribution in [0.15, 0.2) is 18.5 Å². The first-order chi connectivity index (χ1) is 8.00. The minimum Gasteiger partial charge on any atom is -0.390 e. The van der Waals surface area contributed by atoms with Crippen molar-refractivity contribution >= 4 is 11.6 Å². The second-order valence-electron chi connectivity index (χ2n) is 5.57. The maximum atomic E-state index is 10.7. The van der Waals surface area contributed by atoms with E-state index in [4.69, 9.17) is 11.6 Å². The summed E-state index contributed by atoms with van der Waals surface area (Å²) >= 11 is 6.10. The first-order valence-corrected chi connectivity index (χ1v) is 6.69. The molecule has 0 spiro atoms. The Morgan fingerprint density at radius 1 is 1.47 bits per heavy atom. The molecule has 3 atom stereocenters. The summed E-state index contributed by atoms with van der Waals surface area (Å²) in [6, 6.07) is 1.91. The lowest BCUT2D eigenvalue weighted by Crippen LogP contribution is -2.39. The van der Waals surface area contributed by atoms with Crippen LogP contribution in [0.4, 0.5) is 0 Å². The fraction of sp³-hybridized carbons (Fsp3) is 0.643. The molecule has 0 saturated heterocycles. The molecule has 17 heavy (non-hydrogen) atoms. The maximum Gasteiger partial charge on any atom is 0.0691 e. The second kappa shape index (κ2) is 4.95. The largest absolute Gasteiger partial charge is 0.390 e. The molecule has 0 aromatic carbocycles. The summed E-state index contributed by atoms with van der Waals surface area (Å²) in [5.74, 6) is 1.29. The minimum atomic E-state index is -0.586. The van der Waals surface area contributed by atoms with Gasteiger partial charge in [0.1, 0.15) is 0 Å². The van der Waals surface area contributed by atoms with Crippen LogP contribution in [0.1, 0.15) is 38.7 Å². The average Bonchev–Trinajstić information content (AvgIpc) is 2.28. The predicted molar refractivity (Wildman–Crippen MR) is 70.1 cm³/mol.